The van der Waals surface area contributed by atoms with Gasteiger partial charge in [0.05, 0.1) is 10.6 Å². The van der Waals surface area contributed by atoms with Gasteiger partial charge in [-0.2, -0.15) is 4.31 Å². The van der Waals surface area contributed by atoms with Crippen molar-refractivity contribution >= 4 is 27.6 Å². The highest BCUT2D eigenvalue weighted by molar-refractivity contribution is 7.89. The summed E-state index contributed by atoms with van der Waals surface area (Å²) in [6.07, 6.45) is 0.892. The highest BCUT2D eigenvalue weighted by atomic mass is 32.2. The Morgan fingerprint density at radius 1 is 1.30 bits per heavy atom. The molecule has 0 aromatic heterocycles. The van der Waals surface area contributed by atoms with E-state index in [1.54, 1.807) is 0 Å². The van der Waals surface area contributed by atoms with E-state index in [2.05, 4.69) is 10.3 Å². The van der Waals surface area contributed by atoms with Gasteiger partial charge < -0.3 is 14.7 Å². The first-order chi connectivity index (χ1) is 10.8. The molecule has 9 heteroatoms. The van der Waals surface area contributed by atoms with E-state index in [9.17, 15) is 23.1 Å². The zero-order valence-corrected chi connectivity index (χ0v) is 13.3. The third-order valence-electron chi connectivity index (χ3n) is 3.52. The van der Waals surface area contributed by atoms with Gasteiger partial charge in [-0.25, -0.2) is 13.9 Å². The molecule has 1 heterocycles. The van der Waals surface area contributed by atoms with Crippen LogP contribution in [0.2, 0.25) is 0 Å². The van der Waals surface area contributed by atoms with Crippen molar-refractivity contribution in [1.82, 2.24) is 4.31 Å². The number of hydrogen-bond donors (Lipinski definition) is 1. The zero-order chi connectivity index (χ0) is 17.0. The molecule has 1 fully saturated rings. The monoisotopic (exact) mass is 341 g/mol. The Morgan fingerprint density at radius 2 is 1.96 bits per heavy atom. The van der Waals surface area contributed by atoms with Crippen LogP contribution < -0.4 is 10.6 Å². The van der Waals surface area contributed by atoms with E-state index in [-0.39, 0.29) is 18.0 Å². The average Bonchev–Trinajstić information content (AvgIpc) is 2.53. The third kappa shape index (κ3) is 4.20. The van der Waals surface area contributed by atoms with Crippen LogP contribution in [0.5, 0.6) is 0 Å². The number of hydrogen-bond acceptors (Lipinski definition) is 7. The number of piperidine rings is 1. The van der Waals surface area contributed by atoms with Gasteiger partial charge in [0, 0.05) is 31.9 Å². The first kappa shape index (κ1) is 17.2. The summed E-state index contributed by atoms with van der Waals surface area (Å²) >= 11 is 0. The average molecular weight is 341 g/mol. The Labute approximate surface area is 134 Å². The molecule has 1 aliphatic rings. The molecule has 0 radical (unpaired) electrons. The summed E-state index contributed by atoms with van der Waals surface area (Å²) in [6.45, 7) is 1.42. The number of rotatable bonds is 5. The molecule has 0 unspecified atom stereocenters. The number of nitrogens with one attached hydrogen (secondary N) is 1. The van der Waals surface area contributed by atoms with Crippen LogP contribution in [0, 0.1) is 5.92 Å². The summed E-state index contributed by atoms with van der Waals surface area (Å²) in [7, 11) is -3.77. The van der Waals surface area contributed by atoms with Gasteiger partial charge in [0.2, 0.25) is 10.0 Å². The van der Waals surface area contributed by atoms with Crippen LogP contribution in [0.4, 0.5) is 5.69 Å². The van der Waals surface area contributed by atoms with Crippen LogP contribution in [-0.4, -0.2) is 37.8 Å². The molecule has 1 aromatic rings. The number of carboxylic acid groups (broad SMARTS) is 1. The highest BCUT2D eigenvalue weighted by Gasteiger charge is 2.30. The van der Waals surface area contributed by atoms with E-state index in [0.717, 1.165) is 4.31 Å². The minimum atomic E-state index is -3.77. The highest BCUT2D eigenvalue weighted by Crippen LogP contribution is 2.24. The molecule has 1 atom stereocenters. The van der Waals surface area contributed by atoms with Crippen molar-refractivity contribution in [3.8, 4) is 0 Å². The van der Waals surface area contributed by atoms with Crippen LogP contribution in [0.25, 0.3) is 0 Å². The maximum atomic E-state index is 12.5. The zero-order valence-electron chi connectivity index (χ0n) is 12.5. The fraction of sp³-hybridized carbons (Fsp3) is 0.429. The van der Waals surface area contributed by atoms with Gasteiger partial charge in [-0.3, -0.25) is 4.79 Å². The maximum absolute atomic E-state index is 12.5. The predicted molar refractivity (Wildman–Crippen MR) is 78.3 cm³/mol. The van der Waals surface area contributed by atoms with Crippen LogP contribution in [-0.2, 0) is 24.4 Å². The molecule has 1 aromatic carbocycles. The van der Waals surface area contributed by atoms with Crippen LogP contribution >= 0.6 is 0 Å². The molecule has 2 rings (SSSR count). The fourth-order valence-electron chi connectivity index (χ4n) is 2.33. The molecule has 0 amide bonds. The van der Waals surface area contributed by atoms with Crippen molar-refractivity contribution in [2.75, 3.05) is 18.6 Å². The van der Waals surface area contributed by atoms with E-state index in [1.807, 2.05) is 0 Å². The van der Waals surface area contributed by atoms with Crippen molar-refractivity contribution in [2.45, 2.75) is 24.7 Å². The lowest BCUT2D eigenvalue weighted by molar-refractivity contribution is -0.312. The number of aliphatic carboxylic acids is 1. The van der Waals surface area contributed by atoms with E-state index in [0.29, 0.717) is 18.5 Å². The number of carboxylic acids is 1. The van der Waals surface area contributed by atoms with Gasteiger partial charge in [0.15, 0.2) is 0 Å². The van der Waals surface area contributed by atoms with Gasteiger partial charge in [-0.1, -0.05) is 0 Å². The number of anilines is 1. The van der Waals surface area contributed by atoms with Gasteiger partial charge in [-0.05, 0) is 37.1 Å². The molecule has 1 saturated heterocycles. The summed E-state index contributed by atoms with van der Waals surface area (Å²) in [5.41, 5.74) is 2.80. The van der Waals surface area contributed by atoms with E-state index < -0.39 is 27.9 Å². The number of benzene rings is 1. The maximum Gasteiger partial charge on any atom is 0.329 e. The van der Waals surface area contributed by atoms with Gasteiger partial charge in [0.25, 0.3) is 0 Å². The lowest BCUT2D eigenvalue weighted by Gasteiger charge is -2.32. The molecule has 1 aliphatic heterocycles. The quantitative estimate of drug-likeness (QED) is 0.733. The van der Waals surface area contributed by atoms with Crippen molar-refractivity contribution in [2.24, 2.45) is 5.92 Å². The second-order valence-electron chi connectivity index (χ2n) is 5.24. The second kappa shape index (κ2) is 6.97. The van der Waals surface area contributed by atoms with Crippen LogP contribution in [0.1, 0.15) is 19.8 Å². The second-order valence-corrected chi connectivity index (χ2v) is 7.18. The van der Waals surface area contributed by atoms with E-state index in [4.69, 9.17) is 0 Å². The molecule has 1 N–H and O–H groups in total. The summed E-state index contributed by atoms with van der Waals surface area (Å²) < 4.78 is 26.2. The third-order valence-corrected chi connectivity index (χ3v) is 5.40. The number of nitrogens with zero attached hydrogens (tertiary/aromatic N) is 1. The predicted octanol–water partition coefficient (Wildman–Crippen LogP) is -0.273. The molecule has 0 aliphatic carbocycles. The van der Waals surface area contributed by atoms with Crippen molar-refractivity contribution in [3.05, 3.63) is 24.3 Å². The standard InChI is InChI=1S/C14H18N2O6S/c1-10(17)22-15-12-4-6-13(7-5-12)23(20,21)16-8-2-3-11(9-16)14(18)19/h4-7,11,15H,2-3,8-9H2,1H3,(H,18,19)/p-1/t11-/m1/s1. The summed E-state index contributed by atoms with van der Waals surface area (Å²) in [5, 5.41) is 11.0. The Morgan fingerprint density at radius 3 is 2.52 bits per heavy atom. The first-order valence-corrected chi connectivity index (χ1v) is 8.49. The first-order valence-electron chi connectivity index (χ1n) is 7.05. The Balaban J connectivity index is 2.12. The van der Waals surface area contributed by atoms with Crippen LogP contribution in [0.15, 0.2) is 29.2 Å². The van der Waals surface area contributed by atoms with Gasteiger partial charge >= 0.3 is 5.97 Å². The smallest absolute Gasteiger partial charge is 0.329 e. The van der Waals surface area contributed by atoms with E-state index >= 15 is 0 Å². The Hall–Kier alpha value is -2.13. The van der Waals surface area contributed by atoms with Gasteiger partial charge in [-0.15, -0.1) is 0 Å². The molecule has 8 nitrogen and oxygen atoms in total. The molecule has 126 valence electrons. The SMILES string of the molecule is CC(=O)ONc1ccc(S(=O)(=O)N2CCC[C@@H](C(=O)[O-])C2)cc1. The molecule has 0 spiro atoms. The molecule has 0 saturated carbocycles. The van der Waals surface area contributed by atoms with Crippen molar-refractivity contribution < 1.29 is 28.0 Å². The molecule has 23 heavy (non-hydrogen) atoms. The minimum Gasteiger partial charge on any atom is -0.550 e. The number of carbonyl (C=O) groups is 2. The summed E-state index contributed by atoms with van der Waals surface area (Å²) in [4.78, 5) is 26.3. The van der Waals surface area contributed by atoms with Crippen molar-refractivity contribution in [1.29, 1.82) is 0 Å². The van der Waals surface area contributed by atoms with Crippen molar-refractivity contribution in [3.63, 3.8) is 0 Å². The van der Waals surface area contributed by atoms with Crippen LogP contribution in [0.3, 0.4) is 0 Å². The Kier molecular flexibility index (Phi) is 5.22. The summed E-state index contributed by atoms with van der Waals surface area (Å²) in [5.74, 6) is -2.54. The molecular weight excluding hydrogens is 324 g/mol. The minimum absolute atomic E-state index is 0.0462. The molecular formula is C14H17N2O6S-. The number of carbonyl (C=O) groups excluding carboxylic acids is 2. The normalized spacial score (nSPS) is 19.1. The Bertz CT molecular complexity index is 686. The van der Waals surface area contributed by atoms with Gasteiger partial charge in [0.1, 0.15) is 0 Å². The molecule has 0 bridgehead atoms. The topological polar surface area (TPSA) is 116 Å². The largest absolute Gasteiger partial charge is 0.550 e. The fourth-order valence-corrected chi connectivity index (χ4v) is 3.85. The number of sulfonamides is 1. The summed E-state index contributed by atoms with van der Waals surface area (Å²) in [6, 6.07) is 5.64. The lowest BCUT2D eigenvalue weighted by atomic mass is 10.0. The lowest BCUT2D eigenvalue weighted by Crippen LogP contribution is -2.46. The van der Waals surface area contributed by atoms with E-state index in [1.165, 1.54) is 31.2 Å².